The zero-order valence-electron chi connectivity index (χ0n) is 19.7. The van der Waals surface area contributed by atoms with E-state index in [0.717, 1.165) is 38.2 Å². The van der Waals surface area contributed by atoms with Gasteiger partial charge in [-0.05, 0) is 67.8 Å². The van der Waals surface area contributed by atoms with Crippen LogP contribution in [-0.4, -0.2) is 33.4 Å². The highest BCUT2D eigenvalue weighted by molar-refractivity contribution is 5.83. The van der Waals surface area contributed by atoms with E-state index < -0.39 is 0 Å². The average molecular weight is 445 g/mol. The highest BCUT2D eigenvalue weighted by atomic mass is 16.1. The first-order chi connectivity index (χ1) is 16.2. The molecule has 0 radical (unpaired) electrons. The molecular weight excluding hydrogens is 408 g/mol. The van der Waals surface area contributed by atoms with Gasteiger partial charge in [-0.15, -0.1) is 0 Å². The van der Waals surface area contributed by atoms with Gasteiger partial charge in [0.25, 0.3) is 0 Å². The minimum absolute atomic E-state index is 0.0181. The standard InChI is InChI=1S/C28H36N4O/c1-31-18-23(24-12-4-5-14-26(24)31)20-32-16-8-11-22(19-32)28(25-13-6-7-15-29-25)30-27(33)17-21-9-2-3-10-21/h4-7,12-15,18,21-22,28H,2-3,8-11,16-17,19-20H2,1H3,(H,30,33)/t22-,28+/m1/s1. The molecule has 1 saturated carbocycles. The second-order valence-corrected chi connectivity index (χ2v) is 10.1. The number of fused-ring (bicyclic) bond motifs is 1. The summed E-state index contributed by atoms with van der Waals surface area (Å²) in [5, 5.41) is 4.76. The fourth-order valence-corrected chi connectivity index (χ4v) is 6.00. The van der Waals surface area contributed by atoms with E-state index in [9.17, 15) is 4.79 Å². The van der Waals surface area contributed by atoms with E-state index >= 15 is 0 Å². The maximum atomic E-state index is 13.0. The summed E-state index contributed by atoms with van der Waals surface area (Å²) in [5.41, 5.74) is 3.66. The predicted molar refractivity (Wildman–Crippen MR) is 133 cm³/mol. The molecule has 5 rings (SSSR count). The fourth-order valence-electron chi connectivity index (χ4n) is 6.00. The zero-order valence-corrected chi connectivity index (χ0v) is 19.7. The van der Waals surface area contributed by atoms with Gasteiger partial charge in [-0.3, -0.25) is 14.7 Å². The van der Waals surface area contributed by atoms with Crippen LogP contribution in [0.4, 0.5) is 0 Å². The lowest BCUT2D eigenvalue weighted by Crippen LogP contribution is -2.43. The first-order valence-corrected chi connectivity index (χ1v) is 12.6. The molecule has 2 atom stereocenters. The number of nitrogens with zero attached hydrogens (tertiary/aromatic N) is 3. The van der Waals surface area contributed by atoms with Crippen molar-refractivity contribution in [2.45, 2.75) is 57.5 Å². The fraction of sp³-hybridized carbons (Fsp3) is 0.500. The van der Waals surface area contributed by atoms with E-state index in [1.807, 2.05) is 18.3 Å². The minimum Gasteiger partial charge on any atom is -0.350 e. The normalized spacial score (nSPS) is 20.8. The summed E-state index contributed by atoms with van der Waals surface area (Å²) in [5.74, 6) is 1.13. The lowest BCUT2D eigenvalue weighted by Gasteiger charge is -2.37. The number of likely N-dealkylation sites (tertiary alicyclic amines) is 1. The lowest BCUT2D eigenvalue weighted by molar-refractivity contribution is -0.123. The van der Waals surface area contributed by atoms with Crippen LogP contribution in [0.25, 0.3) is 10.9 Å². The molecule has 1 aliphatic heterocycles. The third kappa shape index (κ3) is 5.14. The number of hydrogen-bond donors (Lipinski definition) is 1. The van der Waals surface area contributed by atoms with Crippen molar-refractivity contribution in [2.75, 3.05) is 13.1 Å². The smallest absolute Gasteiger partial charge is 0.220 e. The Hall–Kier alpha value is -2.66. The maximum absolute atomic E-state index is 13.0. The van der Waals surface area contributed by atoms with Crippen molar-refractivity contribution in [3.8, 4) is 0 Å². The zero-order chi connectivity index (χ0) is 22.6. The van der Waals surface area contributed by atoms with E-state index in [0.29, 0.717) is 18.3 Å². The number of hydrogen-bond acceptors (Lipinski definition) is 3. The van der Waals surface area contributed by atoms with Crippen molar-refractivity contribution in [3.05, 3.63) is 66.1 Å². The second-order valence-electron chi connectivity index (χ2n) is 10.1. The quantitative estimate of drug-likeness (QED) is 0.543. The molecule has 1 amide bonds. The van der Waals surface area contributed by atoms with Crippen LogP contribution >= 0.6 is 0 Å². The van der Waals surface area contributed by atoms with E-state index in [-0.39, 0.29) is 11.9 Å². The Morgan fingerprint density at radius 2 is 1.91 bits per heavy atom. The molecule has 2 fully saturated rings. The molecular formula is C28H36N4O. The van der Waals surface area contributed by atoms with Crippen molar-refractivity contribution in [2.24, 2.45) is 18.9 Å². The molecule has 0 unspecified atom stereocenters. The molecule has 1 aliphatic carbocycles. The Kier molecular flexibility index (Phi) is 6.77. The summed E-state index contributed by atoms with van der Waals surface area (Å²) in [6, 6.07) is 14.7. The van der Waals surface area contributed by atoms with Crippen LogP contribution in [0, 0.1) is 11.8 Å². The number of benzene rings is 1. The summed E-state index contributed by atoms with van der Waals surface area (Å²) in [6.45, 7) is 3.03. The van der Waals surface area contributed by atoms with Gasteiger partial charge in [0.1, 0.15) is 0 Å². The van der Waals surface area contributed by atoms with Crippen LogP contribution in [0.5, 0.6) is 0 Å². The second kappa shape index (κ2) is 10.1. The number of aryl methyl sites for hydroxylation is 1. The molecule has 0 bridgehead atoms. The van der Waals surface area contributed by atoms with E-state index in [2.05, 4.69) is 63.3 Å². The van der Waals surface area contributed by atoms with Gasteiger partial charge in [-0.2, -0.15) is 0 Å². The van der Waals surface area contributed by atoms with Gasteiger partial charge in [0, 0.05) is 49.9 Å². The Morgan fingerprint density at radius 1 is 1.09 bits per heavy atom. The first kappa shape index (κ1) is 22.1. The summed E-state index contributed by atoms with van der Waals surface area (Å²) >= 11 is 0. The van der Waals surface area contributed by atoms with E-state index in [4.69, 9.17) is 0 Å². The van der Waals surface area contributed by atoms with Crippen molar-refractivity contribution < 1.29 is 4.79 Å². The molecule has 5 heteroatoms. The minimum atomic E-state index is -0.0181. The summed E-state index contributed by atoms with van der Waals surface area (Å²) < 4.78 is 2.23. The van der Waals surface area contributed by atoms with Gasteiger partial charge in [0.2, 0.25) is 5.91 Å². The Balaban J connectivity index is 1.31. The Bertz CT molecular complexity index is 1070. The van der Waals surface area contributed by atoms with Crippen LogP contribution in [-0.2, 0) is 18.4 Å². The van der Waals surface area contributed by atoms with Crippen molar-refractivity contribution in [1.82, 2.24) is 19.8 Å². The maximum Gasteiger partial charge on any atom is 0.220 e. The molecule has 1 N–H and O–H groups in total. The highest BCUT2D eigenvalue weighted by Gasteiger charge is 2.31. The van der Waals surface area contributed by atoms with Crippen LogP contribution in [0.15, 0.2) is 54.9 Å². The number of amides is 1. The van der Waals surface area contributed by atoms with Crippen molar-refractivity contribution in [3.63, 3.8) is 0 Å². The molecule has 2 aliphatic rings. The molecule has 33 heavy (non-hydrogen) atoms. The lowest BCUT2D eigenvalue weighted by atomic mass is 9.87. The number of para-hydroxylation sites is 1. The number of pyridine rings is 1. The van der Waals surface area contributed by atoms with Gasteiger partial charge in [0.05, 0.1) is 11.7 Å². The third-order valence-electron chi connectivity index (χ3n) is 7.66. The number of rotatable bonds is 7. The van der Waals surface area contributed by atoms with Gasteiger partial charge in [-0.25, -0.2) is 0 Å². The van der Waals surface area contributed by atoms with Crippen LogP contribution in [0.1, 0.15) is 62.2 Å². The highest BCUT2D eigenvalue weighted by Crippen LogP contribution is 2.32. The van der Waals surface area contributed by atoms with Gasteiger partial charge in [0.15, 0.2) is 0 Å². The summed E-state index contributed by atoms with van der Waals surface area (Å²) in [6.07, 6.45) is 12.0. The SMILES string of the molecule is Cn1cc(CN2CCC[C@@H]([C@H](NC(=O)CC3CCCC3)c3ccccn3)C2)c2ccccc21. The van der Waals surface area contributed by atoms with Gasteiger partial charge < -0.3 is 9.88 Å². The molecule has 174 valence electrons. The Morgan fingerprint density at radius 3 is 2.73 bits per heavy atom. The Labute approximate surface area is 197 Å². The van der Waals surface area contributed by atoms with Crippen molar-refractivity contribution >= 4 is 16.8 Å². The molecule has 3 heterocycles. The monoisotopic (exact) mass is 444 g/mol. The number of piperidine rings is 1. The number of aromatic nitrogens is 2. The van der Waals surface area contributed by atoms with Gasteiger partial charge in [-0.1, -0.05) is 37.1 Å². The summed E-state index contributed by atoms with van der Waals surface area (Å²) in [7, 11) is 2.13. The molecule has 1 saturated heterocycles. The van der Waals surface area contributed by atoms with Crippen LogP contribution in [0.2, 0.25) is 0 Å². The average Bonchev–Trinajstić information content (AvgIpc) is 3.46. The van der Waals surface area contributed by atoms with Crippen molar-refractivity contribution in [1.29, 1.82) is 0 Å². The van der Waals surface area contributed by atoms with Gasteiger partial charge >= 0.3 is 0 Å². The van der Waals surface area contributed by atoms with Crippen LogP contribution in [0.3, 0.4) is 0 Å². The molecule has 5 nitrogen and oxygen atoms in total. The topological polar surface area (TPSA) is 50.2 Å². The molecule has 3 aromatic rings. The van der Waals surface area contributed by atoms with Crippen LogP contribution < -0.4 is 5.32 Å². The number of carbonyl (C=O) groups excluding carboxylic acids is 1. The number of nitrogens with one attached hydrogen (secondary N) is 1. The largest absolute Gasteiger partial charge is 0.350 e. The molecule has 0 spiro atoms. The predicted octanol–water partition coefficient (Wildman–Crippen LogP) is 5.22. The van der Waals surface area contributed by atoms with E-state index in [1.54, 1.807) is 0 Å². The molecule has 2 aromatic heterocycles. The summed E-state index contributed by atoms with van der Waals surface area (Å²) in [4.78, 5) is 20.2. The first-order valence-electron chi connectivity index (χ1n) is 12.6. The molecule has 1 aromatic carbocycles. The van der Waals surface area contributed by atoms with E-state index in [1.165, 1.54) is 42.1 Å². The third-order valence-corrected chi connectivity index (χ3v) is 7.66. The number of carbonyl (C=O) groups is 1.